The van der Waals surface area contributed by atoms with Gasteiger partial charge in [0.1, 0.15) is 17.7 Å². The van der Waals surface area contributed by atoms with E-state index in [1.807, 2.05) is 0 Å². The van der Waals surface area contributed by atoms with Crippen LogP contribution in [-0.2, 0) is 19.1 Å². The highest BCUT2D eigenvalue weighted by Crippen LogP contribution is 2.30. The minimum absolute atomic E-state index is 0.0249. The Hall–Kier alpha value is -4.50. The number of benzene rings is 3. The van der Waals surface area contributed by atoms with Gasteiger partial charge in [-0.15, -0.1) is 0 Å². The summed E-state index contributed by atoms with van der Waals surface area (Å²) in [5, 5.41) is -0.333. The van der Waals surface area contributed by atoms with Crippen LogP contribution in [0.15, 0.2) is 96.6 Å². The molecule has 1 aliphatic rings. The average molecular weight is 589 g/mol. The molecule has 3 aromatic carbocycles. The molecule has 0 saturated heterocycles. The summed E-state index contributed by atoms with van der Waals surface area (Å²) in [5.41, 5.74) is 1.46. The van der Waals surface area contributed by atoms with Gasteiger partial charge in [0.05, 0.1) is 18.2 Å². The average Bonchev–Trinajstić information content (AvgIpc) is 2.98. The van der Waals surface area contributed by atoms with Gasteiger partial charge < -0.3 is 14.2 Å². The number of carbonyl (C=O) groups is 4. The van der Waals surface area contributed by atoms with Gasteiger partial charge in [-0.2, -0.15) is 0 Å². The lowest BCUT2D eigenvalue weighted by Gasteiger charge is -2.21. The molecular formula is C33H29FO7S. The van der Waals surface area contributed by atoms with Crippen LogP contribution in [0.4, 0.5) is 4.39 Å². The molecule has 9 heteroatoms. The molecule has 0 amide bonds. The number of hydrogen-bond acceptors (Lipinski definition) is 8. The monoisotopic (exact) mass is 588 g/mol. The van der Waals surface area contributed by atoms with E-state index in [2.05, 4.69) is 13.2 Å². The van der Waals surface area contributed by atoms with Gasteiger partial charge in [0.25, 0.3) is 0 Å². The topological polar surface area (TPSA) is 96.0 Å². The van der Waals surface area contributed by atoms with Crippen molar-refractivity contribution in [2.45, 2.75) is 49.5 Å². The molecule has 0 heterocycles. The van der Waals surface area contributed by atoms with Crippen molar-refractivity contribution in [1.29, 1.82) is 0 Å². The van der Waals surface area contributed by atoms with E-state index in [1.165, 1.54) is 42.5 Å². The Kier molecular flexibility index (Phi) is 10.4. The van der Waals surface area contributed by atoms with Crippen molar-refractivity contribution < 1.29 is 37.8 Å². The Morgan fingerprint density at radius 1 is 0.905 bits per heavy atom. The molecule has 0 bridgehead atoms. The predicted molar refractivity (Wildman–Crippen MR) is 156 cm³/mol. The van der Waals surface area contributed by atoms with Gasteiger partial charge in [0.15, 0.2) is 0 Å². The molecule has 4 rings (SSSR count). The lowest BCUT2D eigenvalue weighted by atomic mass is 9.98. The Balaban J connectivity index is 1.30. The highest BCUT2D eigenvalue weighted by Gasteiger charge is 2.21. The van der Waals surface area contributed by atoms with Gasteiger partial charge in [-0.1, -0.05) is 37.8 Å². The van der Waals surface area contributed by atoms with Gasteiger partial charge in [-0.25, -0.2) is 14.0 Å². The molecule has 3 aromatic rings. The molecule has 0 atom stereocenters. The summed E-state index contributed by atoms with van der Waals surface area (Å²) in [4.78, 5) is 49.5. The van der Waals surface area contributed by atoms with E-state index in [1.54, 1.807) is 24.3 Å². The molecule has 0 spiro atoms. The number of hydrogen-bond donors (Lipinski definition) is 0. The van der Waals surface area contributed by atoms with Gasteiger partial charge in [-0.05, 0) is 91.5 Å². The van der Waals surface area contributed by atoms with Crippen LogP contribution in [0.2, 0.25) is 0 Å². The molecule has 42 heavy (non-hydrogen) atoms. The molecule has 0 aromatic heterocycles. The summed E-state index contributed by atoms with van der Waals surface area (Å²) in [7, 11) is 0. The summed E-state index contributed by atoms with van der Waals surface area (Å²) in [6, 6.07) is 16.6. The summed E-state index contributed by atoms with van der Waals surface area (Å²) in [5.74, 6) is -2.17. The molecule has 1 fully saturated rings. The van der Waals surface area contributed by atoms with E-state index in [0.29, 0.717) is 27.1 Å². The highest BCUT2D eigenvalue weighted by atomic mass is 32.2. The Bertz CT molecular complexity index is 1490. The maximum absolute atomic E-state index is 14.9. The second-order valence-corrected chi connectivity index (χ2v) is 10.7. The molecule has 216 valence electrons. The molecule has 0 aliphatic heterocycles. The lowest BCUT2D eigenvalue weighted by molar-refractivity contribution is -0.150. The maximum Gasteiger partial charge on any atom is 0.342 e. The second kappa shape index (κ2) is 14.4. The van der Waals surface area contributed by atoms with Crippen molar-refractivity contribution in [3.8, 4) is 16.9 Å². The number of thioether (sulfide) groups is 1. The Morgan fingerprint density at radius 2 is 1.57 bits per heavy atom. The van der Waals surface area contributed by atoms with Crippen molar-refractivity contribution in [3.05, 3.63) is 109 Å². The predicted octanol–water partition coefficient (Wildman–Crippen LogP) is 7.45. The van der Waals surface area contributed by atoms with E-state index in [4.69, 9.17) is 14.2 Å². The Labute approximate surface area is 247 Å². The first-order valence-electron chi connectivity index (χ1n) is 13.4. The van der Waals surface area contributed by atoms with Crippen molar-refractivity contribution >= 4 is 34.8 Å². The lowest BCUT2D eigenvalue weighted by Crippen LogP contribution is -2.22. The first-order valence-corrected chi connectivity index (χ1v) is 14.2. The number of halogens is 1. The minimum atomic E-state index is -0.758. The number of carbonyl (C=O) groups excluding carboxylic acids is 4. The van der Waals surface area contributed by atoms with E-state index in [-0.39, 0.29) is 29.0 Å². The molecule has 1 aliphatic carbocycles. The first kappa shape index (κ1) is 30.5. The second-order valence-electron chi connectivity index (χ2n) is 9.62. The van der Waals surface area contributed by atoms with Crippen LogP contribution in [0.3, 0.4) is 0 Å². The van der Waals surface area contributed by atoms with Crippen LogP contribution in [0.5, 0.6) is 5.75 Å². The van der Waals surface area contributed by atoms with E-state index < -0.39 is 23.7 Å². The number of rotatable bonds is 10. The van der Waals surface area contributed by atoms with Gasteiger partial charge in [-0.3, -0.25) is 9.59 Å². The van der Waals surface area contributed by atoms with Crippen molar-refractivity contribution in [1.82, 2.24) is 0 Å². The fourth-order valence-electron chi connectivity index (χ4n) is 4.38. The third kappa shape index (κ3) is 8.27. The van der Waals surface area contributed by atoms with Crippen molar-refractivity contribution in [2.75, 3.05) is 0 Å². The van der Waals surface area contributed by atoms with Crippen LogP contribution in [0, 0.1) is 5.82 Å². The van der Waals surface area contributed by atoms with E-state index >= 15 is 0 Å². The Morgan fingerprint density at radius 3 is 2.21 bits per heavy atom. The minimum Gasteiger partial charge on any atom is -0.462 e. The van der Waals surface area contributed by atoms with Crippen LogP contribution in [0.25, 0.3) is 11.1 Å². The fraction of sp³-hybridized carbons (Fsp3) is 0.212. The van der Waals surface area contributed by atoms with Gasteiger partial charge >= 0.3 is 17.9 Å². The van der Waals surface area contributed by atoms with Crippen LogP contribution in [-0.4, -0.2) is 29.1 Å². The van der Waals surface area contributed by atoms with Gasteiger partial charge in [0, 0.05) is 21.6 Å². The summed E-state index contributed by atoms with van der Waals surface area (Å²) >= 11 is 0.849. The summed E-state index contributed by atoms with van der Waals surface area (Å²) < 4.78 is 30.3. The zero-order valence-corrected chi connectivity index (χ0v) is 23.6. The van der Waals surface area contributed by atoms with Crippen molar-refractivity contribution in [2.24, 2.45) is 0 Å². The van der Waals surface area contributed by atoms with Crippen LogP contribution < -0.4 is 4.74 Å². The largest absolute Gasteiger partial charge is 0.462 e. The molecular weight excluding hydrogens is 559 g/mol. The summed E-state index contributed by atoms with van der Waals surface area (Å²) in [6.45, 7) is 6.98. The van der Waals surface area contributed by atoms with Crippen LogP contribution in [0.1, 0.15) is 59.2 Å². The quantitative estimate of drug-likeness (QED) is 0.0792. The SMILES string of the molecule is C=COC(=O)c1ccc(-c2ccc(SC(=O)c3ccc(OC(=O)C(=C)CC(=O)OC4CCCCC4)cc3)cc2F)cc1. The molecule has 0 unspecified atom stereocenters. The molecule has 1 saturated carbocycles. The number of ether oxygens (including phenoxy) is 3. The van der Waals surface area contributed by atoms with Crippen molar-refractivity contribution in [3.63, 3.8) is 0 Å². The third-order valence-corrected chi connectivity index (χ3v) is 7.48. The molecule has 7 nitrogen and oxygen atoms in total. The number of esters is 3. The van der Waals surface area contributed by atoms with E-state index in [0.717, 1.165) is 50.1 Å². The summed E-state index contributed by atoms with van der Waals surface area (Å²) in [6.07, 6.45) is 5.51. The smallest absolute Gasteiger partial charge is 0.342 e. The maximum atomic E-state index is 14.9. The zero-order valence-electron chi connectivity index (χ0n) is 22.8. The normalized spacial score (nSPS) is 13.1. The third-order valence-electron chi connectivity index (χ3n) is 6.57. The standard InChI is InChI=1S/C33H29FO7S/c1-3-39-32(37)23-11-9-22(10-12-23)28-18-17-27(20-29(28)34)42-33(38)24-13-15-26(16-14-24)41-31(36)21(2)19-30(35)40-25-7-5-4-6-8-25/h3,9-18,20,25H,1-2,4-8,19H2. The molecule has 0 radical (unpaired) electrons. The van der Waals surface area contributed by atoms with E-state index in [9.17, 15) is 23.6 Å². The highest BCUT2D eigenvalue weighted by molar-refractivity contribution is 8.14. The molecule has 0 N–H and O–H groups in total. The van der Waals surface area contributed by atoms with Crippen LogP contribution >= 0.6 is 11.8 Å². The zero-order chi connectivity index (χ0) is 30.1. The fourth-order valence-corrected chi connectivity index (χ4v) is 5.15. The first-order chi connectivity index (χ1) is 20.2. The van der Waals surface area contributed by atoms with Gasteiger partial charge in [0.2, 0.25) is 5.12 Å².